The average Bonchev–Trinajstić information content (AvgIpc) is 2.69. The number of hydrogen-bond acceptors (Lipinski definition) is 4. The molecule has 7 heteroatoms. The Kier molecular flexibility index (Phi) is 3.75. The molecule has 0 aliphatic carbocycles. The normalized spacial score (nSPS) is 10.6. The van der Waals surface area contributed by atoms with E-state index in [-0.39, 0.29) is 17.2 Å². The van der Waals surface area contributed by atoms with Crippen LogP contribution in [0.5, 0.6) is 0 Å². The molecule has 1 aromatic heterocycles. The second kappa shape index (κ2) is 5.31. The summed E-state index contributed by atoms with van der Waals surface area (Å²) in [6, 6.07) is 5.89. The monoisotopic (exact) mass is 281 g/mol. The predicted molar refractivity (Wildman–Crippen MR) is 70.9 cm³/mol. The summed E-state index contributed by atoms with van der Waals surface area (Å²) >= 11 is 1.22. The maximum absolute atomic E-state index is 12.8. The van der Waals surface area contributed by atoms with Gasteiger partial charge >= 0.3 is 5.97 Å². The number of carbonyl (C=O) groups is 1. The molecule has 0 spiro atoms. The number of nitrogens with two attached hydrogens (primary N) is 1. The molecule has 19 heavy (non-hydrogen) atoms. The van der Waals surface area contributed by atoms with Gasteiger partial charge in [-0.3, -0.25) is 0 Å². The number of nitrogen functional groups attached to an aromatic ring is 1. The number of aromatic nitrogens is 2. The molecule has 1 heterocycles. The van der Waals surface area contributed by atoms with Gasteiger partial charge in [0.25, 0.3) is 0 Å². The van der Waals surface area contributed by atoms with Crippen molar-refractivity contribution in [3.8, 4) is 0 Å². The first-order chi connectivity index (χ1) is 9.02. The minimum atomic E-state index is -1.10. The van der Waals surface area contributed by atoms with Crippen LogP contribution in [0, 0.1) is 5.82 Å². The van der Waals surface area contributed by atoms with Gasteiger partial charge in [-0.1, -0.05) is 12.1 Å². The minimum Gasteiger partial charge on any atom is -0.477 e. The van der Waals surface area contributed by atoms with Crippen LogP contribution in [-0.2, 0) is 6.54 Å². The van der Waals surface area contributed by atoms with Crippen LogP contribution >= 0.6 is 11.8 Å². The van der Waals surface area contributed by atoms with E-state index in [1.165, 1.54) is 28.6 Å². The molecule has 1 aromatic carbocycles. The molecule has 2 rings (SSSR count). The fourth-order valence-electron chi connectivity index (χ4n) is 1.68. The molecule has 100 valence electrons. The van der Waals surface area contributed by atoms with E-state index in [2.05, 4.69) is 5.10 Å². The van der Waals surface area contributed by atoms with Gasteiger partial charge in [0.1, 0.15) is 22.2 Å². The first kappa shape index (κ1) is 13.4. The zero-order valence-electron chi connectivity index (χ0n) is 10.1. The maximum Gasteiger partial charge on any atom is 0.342 e. The van der Waals surface area contributed by atoms with Crippen LogP contribution in [0.1, 0.15) is 15.9 Å². The number of carboxylic acid groups (broad SMARTS) is 1. The SMILES string of the molecule is CSc1nn(Cc2ccc(F)cc2)c(N)c1C(=O)O. The molecule has 5 nitrogen and oxygen atoms in total. The van der Waals surface area contributed by atoms with Gasteiger partial charge in [0.2, 0.25) is 0 Å². The maximum atomic E-state index is 12.8. The van der Waals surface area contributed by atoms with Gasteiger partial charge in [-0.15, -0.1) is 11.8 Å². The molecule has 0 radical (unpaired) electrons. The summed E-state index contributed by atoms with van der Waals surface area (Å²) in [5.41, 5.74) is 6.59. The summed E-state index contributed by atoms with van der Waals surface area (Å²) in [5.74, 6) is -1.33. The van der Waals surface area contributed by atoms with Crippen LogP contribution in [0.2, 0.25) is 0 Å². The molecule has 0 aliphatic rings. The van der Waals surface area contributed by atoms with Gasteiger partial charge in [0.05, 0.1) is 6.54 Å². The van der Waals surface area contributed by atoms with Crippen molar-refractivity contribution < 1.29 is 14.3 Å². The van der Waals surface area contributed by atoms with Crippen molar-refractivity contribution in [1.29, 1.82) is 0 Å². The lowest BCUT2D eigenvalue weighted by atomic mass is 10.2. The Labute approximate surface area is 113 Å². The number of aromatic carboxylic acids is 1. The third kappa shape index (κ3) is 2.70. The molecular weight excluding hydrogens is 269 g/mol. The van der Waals surface area contributed by atoms with E-state index in [9.17, 15) is 9.18 Å². The average molecular weight is 281 g/mol. The van der Waals surface area contributed by atoms with Crippen molar-refractivity contribution >= 4 is 23.5 Å². The Morgan fingerprint density at radius 2 is 2.11 bits per heavy atom. The molecule has 2 aromatic rings. The molecule has 0 bridgehead atoms. The standard InChI is InChI=1S/C12H12FN3O2S/c1-19-11-9(12(17)18)10(14)16(15-11)6-7-2-4-8(13)5-3-7/h2-5H,6,14H2,1H3,(H,17,18). The van der Waals surface area contributed by atoms with Gasteiger partial charge in [-0.2, -0.15) is 5.10 Å². The second-order valence-corrected chi connectivity index (χ2v) is 4.65. The Balaban J connectivity index is 2.35. The van der Waals surface area contributed by atoms with E-state index in [0.717, 1.165) is 5.56 Å². The Hall–Kier alpha value is -2.02. The molecule has 0 atom stereocenters. The number of benzene rings is 1. The molecule has 0 aliphatic heterocycles. The van der Waals surface area contributed by atoms with E-state index in [1.807, 2.05) is 0 Å². The zero-order valence-corrected chi connectivity index (χ0v) is 10.9. The zero-order chi connectivity index (χ0) is 14.0. The number of carboxylic acids is 1. The Morgan fingerprint density at radius 3 is 2.58 bits per heavy atom. The molecule has 3 N–H and O–H groups in total. The van der Waals surface area contributed by atoms with Gasteiger partial charge in [-0.25, -0.2) is 13.9 Å². The second-order valence-electron chi connectivity index (χ2n) is 3.86. The van der Waals surface area contributed by atoms with Crippen LogP contribution in [0.25, 0.3) is 0 Å². The Morgan fingerprint density at radius 1 is 1.47 bits per heavy atom. The van der Waals surface area contributed by atoms with Crippen molar-refractivity contribution in [3.05, 3.63) is 41.2 Å². The van der Waals surface area contributed by atoms with Crippen LogP contribution in [0.15, 0.2) is 29.3 Å². The first-order valence-corrected chi connectivity index (χ1v) is 6.63. The summed E-state index contributed by atoms with van der Waals surface area (Å²) in [7, 11) is 0. The lowest BCUT2D eigenvalue weighted by molar-refractivity contribution is 0.0694. The summed E-state index contributed by atoms with van der Waals surface area (Å²) in [4.78, 5) is 11.1. The smallest absolute Gasteiger partial charge is 0.342 e. The van der Waals surface area contributed by atoms with Gasteiger partial charge < -0.3 is 10.8 Å². The van der Waals surface area contributed by atoms with E-state index in [4.69, 9.17) is 10.8 Å². The fourth-order valence-corrected chi connectivity index (χ4v) is 2.26. The minimum absolute atomic E-state index is 0.00890. The van der Waals surface area contributed by atoms with Crippen molar-refractivity contribution in [1.82, 2.24) is 9.78 Å². The molecule has 0 fully saturated rings. The predicted octanol–water partition coefficient (Wildman–Crippen LogP) is 2.07. The van der Waals surface area contributed by atoms with Crippen LogP contribution in [0.4, 0.5) is 10.2 Å². The number of halogens is 1. The van der Waals surface area contributed by atoms with Gasteiger partial charge in [0.15, 0.2) is 0 Å². The fraction of sp³-hybridized carbons (Fsp3) is 0.167. The Bertz CT molecular complexity index is 610. The van der Waals surface area contributed by atoms with E-state index in [0.29, 0.717) is 11.6 Å². The summed E-state index contributed by atoms with van der Waals surface area (Å²) in [6.07, 6.45) is 1.73. The number of thioether (sulfide) groups is 1. The first-order valence-electron chi connectivity index (χ1n) is 5.41. The number of nitrogens with zero attached hydrogens (tertiary/aromatic N) is 2. The van der Waals surface area contributed by atoms with Crippen molar-refractivity contribution in [2.75, 3.05) is 12.0 Å². The highest BCUT2D eigenvalue weighted by Crippen LogP contribution is 2.25. The van der Waals surface area contributed by atoms with Crippen LogP contribution < -0.4 is 5.73 Å². The lowest BCUT2D eigenvalue weighted by Gasteiger charge is -2.04. The largest absolute Gasteiger partial charge is 0.477 e. The number of hydrogen-bond donors (Lipinski definition) is 2. The quantitative estimate of drug-likeness (QED) is 0.838. The molecule has 0 saturated heterocycles. The van der Waals surface area contributed by atoms with E-state index in [1.54, 1.807) is 18.4 Å². The van der Waals surface area contributed by atoms with E-state index >= 15 is 0 Å². The van der Waals surface area contributed by atoms with E-state index < -0.39 is 5.97 Å². The molecular formula is C12H12FN3O2S. The van der Waals surface area contributed by atoms with Crippen LogP contribution in [-0.4, -0.2) is 27.1 Å². The topological polar surface area (TPSA) is 81.1 Å². The molecule has 0 unspecified atom stereocenters. The lowest BCUT2D eigenvalue weighted by Crippen LogP contribution is -2.08. The highest BCUT2D eigenvalue weighted by Gasteiger charge is 2.21. The third-order valence-corrected chi connectivity index (χ3v) is 3.28. The van der Waals surface area contributed by atoms with Gasteiger partial charge in [0, 0.05) is 0 Å². The van der Waals surface area contributed by atoms with Crippen molar-refractivity contribution in [3.63, 3.8) is 0 Å². The van der Waals surface area contributed by atoms with Crippen LogP contribution in [0.3, 0.4) is 0 Å². The molecule has 0 amide bonds. The van der Waals surface area contributed by atoms with Crippen molar-refractivity contribution in [2.45, 2.75) is 11.6 Å². The highest BCUT2D eigenvalue weighted by atomic mass is 32.2. The summed E-state index contributed by atoms with van der Waals surface area (Å²) in [5, 5.41) is 13.6. The number of anilines is 1. The third-order valence-electron chi connectivity index (χ3n) is 2.61. The molecule has 0 saturated carbocycles. The highest BCUT2D eigenvalue weighted by molar-refractivity contribution is 7.98. The van der Waals surface area contributed by atoms with Crippen molar-refractivity contribution in [2.24, 2.45) is 0 Å². The summed E-state index contributed by atoms with van der Waals surface area (Å²) < 4.78 is 14.2. The summed E-state index contributed by atoms with van der Waals surface area (Å²) in [6.45, 7) is 0.299. The number of rotatable bonds is 4. The van der Waals surface area contributed by atoms with Gasteiger partial charge in [-0.05, 0) is 24.0 Å².